The number of ether oxygens (including phenoxy) is 1. The van der Waals surface area contributed by atoms with Crippen molar-refractivity contribution >= 4 is 17.9 Å². The number of likely N-dealkylation sites (tertiary alicyclic amines) is 1. The minimum absolute atomic E-state index is 0.00000823. The van der Waals surface area contributed by atoms with Gasteiger partial charge in [-0.3, -0.25) is 9.59 Å². The van der Waals surface area contributed by atoms with Gasteiger partial charge in [0.2, 0.25) is 11.8 Å². The third-order valence-electron chi connectivity index (χ3n) is 7.75. The van der Waals surface area contributed by atoms with Gasteiger partial charge in [-0.2, -0.15) is 0 Å². The van der Waals surface area contributed by atoms with Gasteiger partial charge in [-0.15, -0.1) is 13.2 Å². The maximum atomic E-state index is 13.6. The standard InChI is InChI=1S/C29H49N3O4/c1-8-10-15-28(18-20-32(21-19-28)26(35)36-27(4,5)6)24(33)30-23(3)22-31(7)25(34)29(14-9-2)16-12-11-13-17-29/h8-9,23H,1-2,10-22H2,3-7H3,(H,30,33). The summed E-state index contributed by atoms with van der Waals surface area (Å²) >= 11 is 0. The van der Waals surface area contributed by atoms with Crippen LogP contribution in [-0.2, 0) is 14.3 Å². The molecule has 1 atom stereocenters. The third kappa shape index (κ3) is 7.84. The van der Waals surface area contributed by atoms with Gasteiger partial charge in [0.15, 0.2) is 0 Å². The molecule has 1 heterocycles. The predicted molar refractivity (Wildman–Crippen MR) is 144 cm³/mol. The van der Waals surface area contributed by atoms with Crippen LogP contribution in [0.3, 0.4) is 0 Å². The maximum absolute atomic E-state index is 13.6. The number of rotatable bonds is 10. The average Bonchev–Trinajstić information content (AvgIpc) is 2.82. The third-order valence-corrected chi connectivity index (χ3v) is 7.75. The van der Waals surface area contributed by atoms with Crippen molar-refractivity contribution in [3.8, 4) is 0 Å². The summed E-state index contributed by atoms with van der Waals surface area (Å²) in [4.78, 5) is 43.0. The summed E-state index contributed by atoms with van der Waals surface area (Å²) in [6, 6.07) is -0.180. The maximum Gasteiger partial charge on any atom is 0.410 e. The fourth-order valence-corrected chi connectivity index (χ4v) is 5.74. The van der Waals surface area contributed by atoms with Gasteiger partial charge in [0.25, 0.3) is 0 Å². The van der Waals surface area contributed by atoms with Gasteiger partial charge in [0.1, 0.15) is 5.60 Å². The summed E-state index contributed by atoms with van der Waals surface area (Å²) < 4.78 is 5.52. The van der Waals surface area contributed by atoms with Crippen molar-refractivity contribution < 1.29 is 19.1 Å². The molecule has 3 amide bonds. The highest BCUT2D eigenvalue weighted by atomic mass is 16.6. The molecule has 36 heavy (non-hydrogen) atoms. The summed E-state index contributed by atoms with van der Waals surface area (Å²) in [7, 11) is 1.84. The normalized spacial score (nSPS) is 20.1. The number of amides is 3. The Morgan fingerprint density at radius 1 is 1.03 bits per heavy atom. The van der Waals surface area contributed by atoms with Crippen molar-refractivity contribution in [2.75, 3.05) is 26.7 Å². The monoisotopic (exact) mass is 503 g/mol. The van der Waals surface area contributed by atoms with E-state index in [-0.39, 0.29) is 29.4 Å². The zero-order valence-electron chi connectivity index (χ0n) is 23.4. The van der Waals surface area contributed by atoms with Crippen LogP contribution in [0.4, 0.5) is 4.79 Å². The quantitative estimate of drug-likeness (QED) is 0.402. The second-order valence-electron chi connectivity index (χ2n) is 12.0. The Labute approximate surface area is 218 Å². The first-order valence-corrected chi connectivity index (χ1v) is 13.6. The molecule has 0 aromatic rings. The number of piperidine rings is 1. The summed E-state index contributed by atoms with van der Waals surface area (Å²) in [5, 5.41) is 3.19. The lowest BCUT2D eigenvalue weighted by atomic mass is 9.71. The summed E-state index contributed by atoms with van der Waals surface area (Å²) in [5.41, 5.74) is -1.46. The summed E-state index contributed by atoms with van der Waals surface area (Å²) in [5.74, 6) is 0.162. The fraction of sp³-hybridized carbons (Fsp3) is 0.759. The molecule has 7 nitrogen and oxygen atoms in total. The summed E-state index contributed by atoms with van der Waals surface area (Å²) in [6.45, 7) is 16.7. The van der Waals surface area contributed by atoms with Gasteiger partial charge < -0.3 is 19.9 Å². The molecule has 2 rings (SSSR count). The van der Waals surface area contributed by atoms with E-state index in [9.17, 15) is 14.4 Å². The van der Waals surface area contributed by atoms with Crippen LogP contribution in [0.15, 0.2) is 25.3 Å². The van der Waals surface area contributed by atoms with Crippen LogP contribution in [0, 0.1) is 10.8 Å². The van der Waals surface area contributed by atoms with Crippen molar-refractivity contribution in [2.45, 2.75) is 104 Å². The second kappa shape index (κ2) is 12.8. The Morgan fingerprint density at radius 2 is 1.64 bits per heavy atom. The Balaban J connectivity index is 2.01. The van der Waals surface area contributed by atoms with Crippen molar-refractivity contribution in [3.05, 3.63) is 25.3 Å². The van der Waals surface area contributed by atoms with Gasteiger partial charge in [0, 0.05) is 32.7 Å². The minimum atomic E-state index is -0.559. The van der Waals surface area contributed by atoms with Crippen molar-refractivity contribution in [3.63, 3.8) is 0 Å². The molecule has 0 spiro atoms. The first kappa shape index (κ1) is 29.9. The van der Waals surface area contributed by atoms with E-state index in [4.69, 9.17) is 4.74 Å². The SMILES string of the molecule is C=CCCC1(C(=O)NC(C)CN(C)C(=O)C2(CC=C)CCCCC2)CCN(C(=O)OC(C)(C)C)CC1. The minimum Gasteiger partial charge on any atom is -0.444 e. The molecule has 1 unspecified atom stereocenters. The van der Waals surface area contributed by atoms with E-state index in [1.165, 1.54) is 6.42 Å². The molecule has 0 bridgehead atoms. The zero-order chi connectivity index (χ0) is 27.0. The number of nitrogens with one attached hydrogen (secondary N) is 1. The fourth-order valence-electron chi connectivity index (χ4n) is 5.74. The Morgan fingerprint density at radius 3 is 2.17 bits per heavy atom. The van der Waals surface area contributed by atoms with Gasteiger partial charge >= 0.3 is 6.09 Å². The van der Waals surface area contributed by atoms with E-state index in [0.717, 1.165) is 32.1 Å². The number of allylic oxidation sites excluding steroid dienone is 2. The number of nitrogens with zero attached hydrogens (tertiary/aromatic N) is 2. The molecular weight excluding hydrogens is 454 g/mol. The molecule has 1 saturated carbocycles. The molecule has 204 valence electrons. The van der Waals surface area contributed by atoms with Gasteiger partial charge in [-0.1, -0.05) is 31.4 Å². The van der Waals surface area contributed by atoms with E-state index in [1.54, 1.807) is 9.80 Å². The van der Waals surface area contributed by atoms with Crippen LogP contribution in [0.25, 0.3) is 0 Å². The average molecular weight is 504 g/mol. The van der Waals surface area contributed by atoms with E-state index in [2.05, 4.69) is 18.5 Å². The second-order valence-corrected chi connectivity index (χ2v) is 12.0. The predicted octanol–water partition coefficient (Wildman–Crippen LogP) is 5.46. The van der Waals surface area contributed by atoms with Crippen LogP contribution < -0.4 is 5.32 Å². The molecule has 1 N–H and O–H groups in total. The Kier molecular flexibility index (Phi) is 10.6. The molecule has 1 aliphatic carbocycles. The van der Waals surface area contributed by atoms with Crippen LogP contribution >= 0.6 is 0 Å². The number of likely N-dealkylation sites (N-methyl/N-ethyl adjacent to an activating group) is 1. The highest BCUT2D eigenvalue weighted by Crippen LogP contribution is 2.41. The first-order chi connectivity index (χ1) is 16.9. The van der Waals surface area contributed by atoms with Gasteiger partial charge in [-0.25, -0.2) is 4.79 Å². The zero-order valence-corrected chi connectivity index (χ0v) is 23.4. The molecule has 1 aliphatic heterocycles. The topological polar surface area (TPSA) is 79.0 Å². The van der Waals surface area contributed by atoms with E-state index >= 15 is 0 Å². The number of hydrogen-bond donors (Lipinski definition) is 1. The highest BCUT2D eigenvalue weighted by Gasteiger charge is 2.43. The smallest absolute Gasteiger partial charge is 0.410 e. The van der Waals surface area contributed by atoms with Crippen LogP contribution in [0.1, 0.15) is 91.9 Å². The molecule has 2 fully saturated rings. The number of hydrogen-bond acceptors (Lipinski definition) is 4. The molecule has 7 heteroatoms. The van der Waals surface area contributed by atoms with E-state index in [0.29, 0.717) is 45.3 Å². The van der Waals surface area contributed by atoms with E-state index < -0.39 is 11.0 Å². The van der Waals surface area contributed by atoms with Crippen LogP contribution in [0.5, 0.6) is 0 Å². The lowest BCUT2D eigenvalue weighted by Crippen LogP contribution is -2.54. The molecular formula is C29H49N3O4. The van der Waals surface area contributed by atoms with Crippen molar-refractivity contribution in [1.29, 1.82) is 0 Å². The van der Waals surface area contributed by atoms with E-state index in [1.807, 2.05) is 46.9 Å². The van der Waals surface area contributed by atoms with Gasteiger partial charge in [0.05, 0.1) is 10.8 Å². The lowest BCUT2D eigenvalue weighted by molar-refractivity contribution is -0.144. The van der Waals surface area contributed by atoms with Crippen molar-refractivity contribution in [1.82, 2.24) is 15.1 Å². The Bertz CT molecular complexity index is 787. The molecule has 0 aromatic heterocycles. The molecule has 1 saturated heterocycles. The summed E-state index contributed by atoms with van der Waals surface area (Å²) in [6.07, 6.45) is 11.8. The van der Waals surface area contributed by atoms with Crippen LogP contribution in [-0.4, -0.2) is 66.0 Å². The van der Waals surface area contributed by atoms with Crippen LogP contribution in [0.2, 0.25) is 0 Å². The first-order valence-electron chi connectivity index (χ1n) is 13.6. The Hall–Kier alpha value is -2.31. The lowest BCUT2D eigenvalue weighted by Gasteiger charge is -2.42. The largest absolute Gasteiger partial charge is 0.444 e. The molecule has 0 aromatic carbocycles. The number of carbonyl (C=O) groups excluding carboxylic acids is 3. The van der Waals surface area contributed by atoms with Crippen molar-refractivity contribution in [2.24, 2.45) is 10.8 Å². The highest BCUT2D eigenvalue weighted by molar-refractivity contribution is 5.84. The molecule has 0 radical (unpaired) electrons. The van der Waals surface area contributed by atoms with Gasteiger partial charge in [-0.05, 0) is 72.6 Å². The number of carbonyl (C=O) groups is 3. The molecule has 2 aliphatic rings.